The van der Waals surface area contributed by atoms with Gasteiger partial charge in [0.15, 0.2) is 0 Å². The van der Waals surface area contributed by atoms with Gasteiger partial charge in [-0.05, 0) is 48.7 Å². The number of anilines is 1. The molecule has 0 saturated carbocycles. The normalized spacial score (nSPS) is 10.3. The van der Waals surface area contributed by atoms with Crippen LogP contribution in [-0.4, -0.2) is 5.91 Å². The molecule has 1 N–H and O–H groups in total. The van der Waals surface area contributed by atoms with E-state index in [2.05, 4.69) is 5.32 Å². The highest BCUT2D eigenvalue weighted by molar-refractivity contribution is 6.31. The van der Waals surface area contributed by atoms with E-state index in [4.69, 9.17) is 23.2 Å². The van der Waals surface area contributed by atoms with Gasteiger partial charge in [-0.1, -0.05) is 41.4 Å². The molecule has 20 heavy (non-hydrogen) atoms. The summed E-state index contributed by atoms with van der Waals surface area (Å²) >= 11 is 11.8. The van der Waals surface area contributed by atoms with Gasteiger partial charge >= 0.3 is 0 Å². The van der Waals surface area contributed by atoms with E-state index < -0.39 is 0 Å². The fraction of sp³-hybridized carbons (Fsp3) is 0.188. The number of halogens is 2. The SMILES string of the molecule is Cc1ccc(Cl)cc1NC(=O)CCc1cccc(Cl)c1. The quantitative estimate of drug-likeness (QED) is 0.857. The topological polar surface area (TPSA) is 29.1 Å². The summed E-state index contributed by atoms with van der Waals surface area (Å²) in [6, 6.07) is 13.0. The summed E-state index contributed by atoms with van der Waals surface area (Å²) in [5, 5.41) is 4.18. The van der Waals surface area contributed by atoms with E-state index >= 15 is 0 Å². The van der Waals surface area contributed by atoms with E-state index in [1.165, 1.54) is 0 Å². The van der Waals surface area contributed by atoms with Crippen molar-refractivity contribution in [2.75, 3.05) is 5.32 Å². The molecule has 4 heteroatoms. The Hall–Kier alpha value is -1.51. The Morgan fingerprint density at radius 2 is 1.85 bits per heavy atom. The van der Waals surface area contributed by atoms with Gasteiger partial charge in [-0.3, -0.25) is 4.79 Å². The van der Waals surface area contributed by atoms with Gasteiger partial charge in [-0.15, -0.1) is 0 Å². The summed E-state index contributed by atoms with van der Waals surface area (Å²) < 4.78 is 0. The lowest BCUT2D eigenvalue weighted by molar-refractivity contribution is -0.116. The standard InChI is InChI=1S/C16H15Cl2NO/c1-11-5-7-14(18)10-15(11)19-16(20)8-6-12-3-2-4-13(17)9-12/h2-5,7,9-10H,6,8H2,1H3,(H,19,20). The van der Waals surface area contributed by atoms with Gasteiger partial charge in [0.1, 0.15) is 0 Å². The summed E-state index contributed by atoms with van der Waals surface area (Å²) in [5.74, 6) is -0.0321. The predicted octanol–water partition coefficient (Wildman–Crippen LogP) is 4.87. The number of carbonyl (C=O) groups excluding carboxylic acids is 1. The van der Waals surface area contributed by atoms with Crippen LogP contribution >= 0.6 is 23.2 Å². The van der Waals surface area contributed by atoms with Gasteiger partial charge in [0.25, 0.3) is 0 Å². The van der Waals surface area contributed by atoms with Gasteiger partial charge in [0.05, 0.1) is 0 Å². The summed E-state index contributed by atoms with van der Waals surface area (Å²) in [6.45, 7) is 1.93. The third-order valence-corrected chi connectivity index (χ3v) is 3.47. The van der Waals surface area contributed by atoms with Crippen molar-refractivity contribution in [2.24, 2.45) is 0 Å². The summed E-state index contributed by atoms with van der Waals surface area (Å²) in [5.41, 5.74) is 2.80. The largest absolute Gasteiger partial charge is 0.326 e. The molecule has 2 aromatic carbocycles. The van der Waals surface area contributed by atoms with E-state index in [0.29, 0.717) is 22.9 Å². The van der Waals surface area contributed by atoms with Crippen LogP contribution in [0, 0.1) is 6.92 Å². The van der Waals surface area contributed by atoms with Crippen LogP contribution in [0.15, 0.2) is 42.5 Å². The second kappa shape index (κ2) is 6.78. The molecule has 0 aliphatic heterocycles. The number of benzene rings is 2. The van der Waals surface area contributed by atoms with Crippen LogP contribution < -0.4 is 5.32 Å². The highest BCUT2D eigenvalue weighted by Gasteiger charge is 2.06. The number of carbonyl (C=O) groups is 1. The van der Waals surface area contributed by atoms with E-state index in [-0.39, 0.29) is 5.91 Å². The zero-order chi connectivity index (χ0) is 14.5. The van der Waals surface area contributed by atoms with Crippen molar-refractivity contribution in [1.29, 1.82) is 0 Å². The van der Waals surface area contributed by atoms with Gasteiger partial charge in [-0.2, -0.15) is 0 Å². The molecule has 0 atom stereocenters. The summed E-state index contributed by atoms with van der Waals surface area (Å²) in [7, 11) is 0. The molecule has 104 valence electrons. The van der Waals surface area contributed by atoms with Crippen LogP contribution in [0.2, 0.25) is 10.0 Å². The van der Waals surface area contributed by atoms with E-state index in [1.54, 1.807) is 12.1 Å². The maximum Gasteiger partial charge on any atom is 0.224 e. The predicted molar refractivity (Wildman–Crippen MR) is 84.6 cm³/mol. The molecule has 0 heterocycles. The van der Waals surface area contributed by atoms with Crippen molar-refractivity contribution in [3.05, 3.63) is 63.6 Å². The summed E-state index contributed by atoms with van der Waals surface area (Å²) in [4.78, 5) is 11.9. The molecule has 2 rings (SSSR count). The zero-order valence-electron chi connectivity index (χ0n) is 11.1. The number of aryl methyl sites for hydroxylation is 2. The first-order valence-corrected chi connectivity index (χ1v) is 7.10. The fourth-order valence-electron chi connectivity index (χ4n) is 1.89. The molecule has 2 aromatic rings. The third-order valence-electron chi connectivity index (χ3n) is 3.00. The van der Waals surface area contributed by atoms with Gasteiger partial charge in [-0.25, -0.2) is 0 Å². The Morgan fingerprint density at radius 3 is 2.60 bits per heavy atom. The van der Waals surface area contributed by atoms with Crippen LogP contribution in [-0.2, 0) is 11.2 Å². The first-order chi connectivity index (χ1) is 9.54. The monoisotopic (exact) mass is 307 g/mol. The van der Waals surface area contributed by atoms with E-state index in [9.17, 15) is 4.79 Å². The van der Waals surface area contributed by atoms with Crippen molar-refractivity contribution in [2.45, 2.75) is 19.8 Å². The van der Waals surface area contributed by atoms with E-state index in [0.717, 1.165) is 16.8 Å². The second-order valence-electron chi connectivity index (χ2n) is 4.64. The van der Waals surface area contributed by atoms with Crippen molar-refractivity contribution in [3.8, 4) is 0 Å². The number of hydrogen-bond donors (Lipinski definition) is 1. The molecule has 0 aliphatic carbocycles. The molecule has 0 saturated heterocycles. The average molecular weight is 308 g/mol. The molecule has 0 radical (unpaired) electrons. The molecule has 2 nitrogen and oxygen atoms in total. The highest BCUT2D eigenvalue weighted by atomic mass is 35.5. The molecule has 0 spiro atoms. The lowest BCUT2D eigenvalue weighted by Crippen LogP contribution is -2.13. The van der Waals surface area contributed by atoms with E-state index in [1.807, 2.05) is 37.3 Å². The maximum atomic E-state index is 11.9. The number of nitrogens with one attached hydrogen (secondary N) is 1. The zero-order valence-corrected chi connectivity index (χ0v) is 12.6. The summed E-state index contributed by atoms with van der Waals surface area (Å²) in [6.07, 6.45) is 1.07. The third kappa shape index (κ3) is 4.26. The van der Waals surface area contributed by atoms with Gasteiger partial charge in [0, 0.05) is 22.2 Å². The Morgan fingerprint density at radius 1 is 1.10 bits per heavy atom. The molecular weight excluding hydrogens is 293 g/mol. The van der Waals surface area contributed by atoms with Crippen LogP contribution in [0.25, 0.3) is 0 Å². The highest BCUT2D eigenvalue weighted by Crippen LogP contribution is 2.20. The minimum absolute atomic E-state index is 0.0321. The molecule has 0 aromatic heterocycles. The van der Waals surface area contributed by atoms with Crippen LogP contribution in [0.4, 0.5) is 5.69 Å². The average Bonchev–Trinajstić information content (AvgIpc) is 2.41. The molecular formula is C16H15Cl2NO. The molecule has 0 unspecified atom stereocenters. The molecule has 0 fully saturated rings. The van der Waals surface area contributed by atoms with Gasteiger partial charge < -0.3 is 5.32 Å². The van der Waals surface area contributed by atoms with Crippen LogP contribution in [0.1, 0.15) is 17.5 Å². The number of hydrogen-bond acceptors (Lipinski definition) is 1. The first-order valence-electron chi connectivity index (χ1n) is 6.35. The smallest absolute Gasteiger partial charge is 0.224 e. The first kappa shape index (κ1) is 14.9. The minimum atomic E-state index is -0.0321. The Bertz CT molecular complexity index is 626. The van der Waals surface area contributed by atoms with Crippen molar-refractivity contribution >= 4 is 34.8 Å². The second-order valence-corrected chi connectivity index (χ2v) is 5.51. The van der Waals surface area contributed by atoms with Crippen molar-refractivity contribution < 1.29 is 4.79 Å². The van der Waals surface area contributed by atoms with Crippen LogP contribution in [0.3, 0.4) is 0 Å². The lowest BCUT2D eigenvalue weighted by atomic mass is 10.1. The van der Waals surface area contributed by atoms with Crippen molar-refractivity contribution in [3.63, 3.8) is 0 Å². The van der Waals surface area contributed by atoms with Gasteiger partial charge in [0.2, 0.25) is 5.91 Å². The number of amides is 1. The molecule has 0 bridgehead atoms. The molecule has 0 aliphatic rings. The number of rotatable bonds is 4. The minimum Gasteiger partial charge on any atom is -0.326 e. The maximum absolute atomic E-state index is 11.9. The lowest BCUT2D eigenvalue weighted by Gasteiger charge is -2.09. The van der Waals surface area contributed by atoms with Crippen LogP contribution in [0.5, 0.6) is 0 Å². The Labute approximate surface area is 128 Å². The Balaban J connectivity index is 1.94. The Kier molecular flexibility index (Phi) is 5.05. The molecule has 1 amide bonds. The van der Waals surface area contributed by atoms with Crippen molar-refractivity contribution in [1.82, 2.24) is 0 Å². The fourth-order valence-corrected chi connectivity index (χ4v) is 2.28.